The van der Waals surface area contributed by atoms with Crippen LogP contribution in [0.4, 0.5) is 23.2 Å². The van der Waals surface area contributed by atoms with Gasteiger partial charge in [-0.2, -0.15) is 8.78 Å². The first-order chi connectivity index (χ1) is 6.83. The molecule has 0 aliphatic carbocycles. The minimum atomic E-state index is -3.80. The summed E-state index contributed by atoms with van der Waals surface area (Å²) in [5, 5.41) is -3.80. The third kappa shape index (κ3) is 3.17. The van der Waals surface area contributed by atoms with Crippen LogP contribution in [0.5, 0.6) is 0 Å². The first-order valence-corrected chi connectivity index (χ1v) is 4.98. The number of benzene rings is 1. The van der Waals surface area contributed by atoms with Crippen LogP contribution < -0.4 is 5.73 Å². The summed E-state index contributed by atoms with van der Waals surface area (Å²) < 4.78 is 50.6. The van der Waals surface area contributed by atoms with Crippen LogP contribution >= 0.6 is 23.4 Å². The molecule has 0 radical (unpaired) electrons. The summed E-state index contributed by atoms with van der Waals surface area (Å²) in [6, 6.07) is 3.08. The van der Waals surface area contributed by atoms with Crippen molar-refractivity contribution in [2.75, 3.05) is 5.73 Å². The summed E-state index contributed by atoms with van der Waals surface area (Å²) in [5.41, 5.74) is 2.15. The molecule has 1 unspecified atom stereocenters. The molecule has 1 nitrogen and oxygen atoms in total. The molecule has 2 N–H and O–H groups in total. The van der Waals surface area contributed by atoms with E-state index in [0.717, 1.165) is 18.2 Å². The van der Waals surface area contributed by atoms with Crippen molar-refractivity contribution >= 4 is 29.1 Å². The van der Waals surface area contributed by atoms with Gasteiger partial charge < -0.3 is 5.73 Å². The first kappa shape index (κ1) is 12.4. The summed E-state index contributed by atoms with van der Waals surface area (Å²) in [7, 11) is 0. The van der Waals surface area contributed by atoms with Crippen LogP contribution in [0.1, 0.15) is 0 Å². The minimum Gasteiger partial charge on any atom is -0.396 e. The molecule has 1 aromatic rings. The molecule has 1 atom stereocenters. The van der Waals surface area contributed by atoms with Crippen LogP contribution in [-0.2, 0) is 0 Å². The quantitative estimate of drug-likeness (QED) is 0.388. The van der Waals surface area contributed by atoms with Crippen molar-refractivity contribution in [1.29, 1.82) is 0 Å². The highest BCUT2D eigenvalue weighted by Crippen LogP contribution is 2.41. The van der Waals surface area contributed by atoms with Crippen molar-refractivity contribution in [3.63, 3.8) is 0 Å². The van der Waals surface area contributed by atoms with Gasteiger partial charge in [-0.1, -0.05) is 11.6 Å². The summed E-state index contributed by atoms with van der Waals surface area (Å²) in [5.74, 6) is -0.833. The van der Waals surface area contributed by atoms with Crippen molar-refractivity contribution in [1.82, 2.24) is 0 Å². The molecule has 0 spiro atoms. The van der Waals surface area contributed by atoms with Crippen molar-refractivity contribution in [3.05, 3.63) is 24.0 Å². The van der Waals surface area contributed by atoms with Crippen molar-refractivity contribution in [2.45, 2.75) is 15.8 Å². The molecular formula is C8H6ClF4NS. The lowest BCUT2D eigenvalue weighted by molar-refractivity contribution is 0.0537. The monoisotopic (exact) mass is 259 g/mol. The molecule has 15 heavy (non-hydrogen) atoms. The Morgan fingerprint density at radius 3 is 2.47 bits per heavy atom. The van der Waals surface area contributed by atoms with Crippen LogP contribution in [0.3, 0.4) is 0 Å². The van der Waals surface area contributed by atoms with Crippen LogP contribution in [0.15, 0.2) is 23.1 Å². The lowest BCUT2D eigenvalue weighted by Crippen LogP contribution is -2.20. The number of rotatable bonds is 3. The van der Waals surface area contributed by atoms with Gasteiger partial charge in [0.15, 0.2) is 0 Å². The highest BCUT2D eigenvalue weighted by atomic mass is 35.5. The molecule has 0 bridgehead atoms. The van der Waals surface area contributed by atoms with Gasteiger partial charge >= 0.3 is 5.25 Å². The van der Waals surface area contributed by atoms with Gasteiger partial charge in [0.05, 0.1) is 5.69 Å². The van der Waals surface area contributed by atoms with E-state index < -0.39 is 16.7 Å². The molecule has 1 aromatic carbocycles. The molecule has 0 aromatic heterocycles. The Morgan fingerprint density at radius 2 is 2.00 bits per heavy atom. The van der Waals surface area contributed by atoms with E-state index in [9.17, 15) is 17.6 Å². The molecule has 0 aliphatic heterocycles. The Hall–Kier alpha value is -0.620. The van der Waals surface area contributed by atoms with E-state index >= 15 is 0 Å². The number of alkyl halides is 4. The zero-order valence-electron chi connectivity index (χ0n) is 7.18. The Morgan fingerprint density at radius 1 is 1.40 bits per heavy atom. The Bertz CT molecular complexity index is 358. The van der Waals surface area contributed by atoms with Gasteiger partial charge in [0, 0.05) is 4.90 Å². The maximum absolute atomic E-state index is 12.8. The molecule has 0 saturated carbocycles. The minimum absolute atomic E-state index is 0.144. The van der Waals surface area contributed by atoms with E-state index in [-0.39, 0.29) is 22.3 Å². The number of hydrogen-bond acceptors (Lipinski definition) is 2. The van der Waals surface area contributed by atoms with Gasteiger partial charge in [-0.3, -0.25) is 0 Å². The second-order valence-electron chi connectivity index (χ2n) is 2.65. The lowest BCUT2D eigenvalue weighted by atomic mass is 10.3. The zero-order valence-corrected chi connectivity index (χ0v) is 8.76. The molecule has 0 aliphatic rings. The molecule has 0 saturated heterocycles. The van der Waals surface area contributed by atoms with Crippen LogP contribution in [0.25, 0.3) is 0 Å². The standard InChI is InChI=1S/C8H6ClF4NS/c9-7(11)8(12,13)15-4-1-2-6(14)5(10)3-4/h1-3,7H,14H2. The van der Waals surface area contributed by atoms with Crippen molar-refractivity contribution in [3.8, 4) is 0 Å². The van der Waals surface area contributed by atoms with E-state index in [2.05, 4.69) is 11.6 Å². The molecule has 0 fully saturated rings. The topological polar surface area (TPSA) is 26.0 Å². The van der Waals surface area contributed by atoms with Crippen LogP contribution in [0.2, 0.25) is 0 Å². The summed E-state index contributed by atoms with van der Waals surface area (Å²) in [6.07, 6.45) is 0. The maximum atomic E-state index is 12.8. The largest absolute Gasteiger partial charge is 0.396 e. The molecule has 84 valence electrons. The fourth-order valence-electron chi connectivity index (χ4n) is 0.773. The van der Waals surface area contributed by atoms with Gasteiger partial charge in [0.1, 0.15) is 5.82 Å². The zero-order chi connectivity index (χ0) is 11.6. The summed E-state index contributed by atoms with van der Waals surface area (Å²) in [6.45, 7) is 0. The van der Waals surface area contributed by atoms with E-state index in [1.165, 1.54) is 0 Å². The summed E-state index contributed by atoms with van der Waals surface area (Å²) in [4.78, 5) is -0.144. The van der Waals surface area contributed by atoms with E-state index in [4.69, 9.17) is 5.73 Å². The molecule has 0 amide bonds. The third-order valence-electron chi connectivity index (χ3n) is 1.48. The van der Waals surface area contributed by atoms with Gasteiger partial charge in [-0.05, 0) is 30.0 Å². The van der Waals surface area contributed by atoms with Crippen molar-refractivity contribution < 1.29 is 17.6 Å². The van der Waals surface area contributed by atoms with Gasteiger partial charge in [0.2, 0.25) is 5.63 Å². The highest BCUT2D eigenvalue weighted by Gasteiger charge is 2.40. The molecule has 0 heterocycles. The Labute approximate surface area is 92.6 Å². The predicted molar refractivity (Wildman–Crippen MR) is 52.4 cm³/mol. The van der Waals surface area contributed by atoms with Crippen molar-refractivity contribution in [2.24, 2.45) is 0 Å². The number of thioether (sulfide) groups is 1. The normalized spacial score (nSPS) is 13.9. The maximum Gasteiger partial charge on any atom is 0.342 e. The average Bonchev–Trinajstić information content (AvgIpc) is 2.10. The van der Waals surface area contributed by atoms with E-state index in [1.807, 2.05) is 0 Å². The molecular weight excluding hydrogens is 254 g/mol. The first-order valence-electron chi connectivity index (χ1n) is 3.73. The van der Waals surface area contributed by atoms with E-state index in [0.29, 0.717) is 0 Å². The van der Waals surface area contributed by atoms with Crippen LogP contribution in [0, 0.1) is 5.82 Å². The smallest absolute Gasteiger partial charge is 0.342 e. The van der Waals surface area contributed by atoms with Gasteiger partial charge in [0.25, 0.3) is 0 Å². The number of hydrogen-bond donors (Lipinski definition) is 1. The van der Waals surface area contributed by atoms with Gasteiger partial charge in [-0.15, -0.1) is 0 Å². The van der Waals surface area contributed by atoms with Gasteiger partial charge in [-0.25, -0.2) is 8.78 Å². The fourth-order valence-corrected chi connectivity index (χ4v) is 1.61. The third-order valence-corrected chi connectivity index (χ3v) is 2.85. The predicted octanol–water partition coefficient (Wildman–Crippen LogP) is 3.63. The van der Waals surface area contributed by atoms with Crippen LogP contribution in [-0.4, -0.2) is 10.9 Å². The SMILES string of the molecule is Nc1ccc(SC(F)(F)C(F)Cl)cc1F. The lowest BCUT2D eigenvalue weighted by Gasteiger charge is -2.15. The number of nitrogen functional groups attached to an aromatic ring is 1. The average molecular weight is 260 g/mol. The highest BCUT2D eigenvalue weighted by molar-refractivity contribution is 8.00. The molecule has 7 heteroatoms. The fraction of sp³-hybridized carbons (Fsp3) is 0.250. The molecule has 1 rings (SSSR count). The summed E-state index contributed by atoms with van der Waals surface area (Å²) >= 11 is 4.48. The second kappa shape index (κ2) is 4.49. The number of halogens is 5. The second-order valence-corrected chi connectivity index (χ2v) is 4.25. The Kier molecular flexibility index (Phi) is 3.72. The van der Waals surface area contributed by atoms with E-state index in [1.54, 1.807) is 0 Å². The number of anilines is 1. The number of nitrogens with two attached hydrogens (primary N) is 1. The Balaban J connectivity index is 2.86.